The van der Waals surface area contributed by atoms with E-state index in [4.69, 9.17) is 5.11 Å². The fourth-order valence-corrected chi connectivity index (χ4v) is 3.09. The van der Waals surface area contributed by atoms with Crippen molar-refractivity contribution in [2.75, 3.05) is 0 Å². The zero-order valence-electron chi connectivity index (χ0n) is 14.2. The Labute approximate surface area is 137 Å². The maximum Gasteiger partial charge on any atom is 0.506 e. The third-order valence-electron chi connectivity index (χ3n) is 3.15. The van der Waals surface area contributed by atoms with Crippen LogP contribution in [0.4, 0.5) is 4.79 Å². The highest BCUT2D eigenvalue weighted by Crippen LogP contribution is 2.22. The van der Waals surface area contributed by atoms with Crippen molar-refractivity contribution in [1.82, 2.24) is 5.32 Å². The van der Waals surface area contributed by atoms with Gasteiger partial charge in [0.2, 0.25) is 0 Å². The summed E-state index contributed by atoms with van der Waals surface area (Å²) in [5.41, 5.74) is 1.74. The summed E-state index contributed by atoms with van der Waals surface area (Å²) in [5.74, 6) is 0. The molecule has 7 heteroatoms. The minimum atomic E-state index is -3.13. The maximum atomic E-state index is 11.9. The normalized spacial score (nSPS) is 14.0. The first-order chi connectivity index (χ1) is 10.4. The Hall–Kier alpha value is -1.60. The first-order valence-electron chi connectivity index (χ1n) is 7.42. The van der Waals surface area contributed by atoms with E-state index in [-0.39, 0.29) is 5.25 Å². The molecule has 0 aliphatic carbocycles. The number of nitrogens with one attached hydrogen (secondary N) is 1. The molecule has 0 saturated carbocycles. The lowest BCUT2D eigenvalue weighted by Gasteiger charge is -2.15. The molecule has 23 heavy (non-hydrogen) atoms. The summed E-state index contributed by atoms with van der Waals surface area (Å²) in [7, 11) is -3.13. The van der Waals surface area contributed by atoms with Crippen molar-refractivity contribution >= 4 is 16.0 Å². The van der Waals surface area contributed by atoms with Crippen LogP contribution < -0.4 is 5.32 Å². The Bertz CT molecular complexity index is 660. The molecular weight excluding hydrogens is 318 g/mol. The fraction of sp³-hybridized carbons (Fsp3) is 0.562. The van der Waals surface area contributed by atoms with Crippen LogP contribution in [0.1, 0.15) is 45.7 Å². The van der Waals surface area contributed by atoms with Gasteiger partial charge in [-0.05, 0) is 57.9 Å². The van der Waals surface area contributed by atoms with Gasteiger partial charge in [-0.3, -0.25) is 0 Å². The molecule has 2 rings (SSSR count). The molecule has 1 aliphatic heterocycles. The lowest BCUT2D eigenvalue weighted by atomic mass is 10.1. The van der Waals surface area contributed by atoms with Crippen LogP contribution in [0, 0.1) is 0 Å². The predicted molar refractivity (Wildman–Crippen MR) is 88.2 cm³/mol. The summed E-state index contributed by atoms with van der Waals surface area (Å²) in [4.78, 5) is 10.2. The summed E-state index contributed by atoms with van der Waals surface area (Å²) in [6, 6.07) is 5.41. The lowest BCUT2D eigenvalue weighted by Crippen LogP contribution is -2.22. The van der Waals surface area contributed by atoms with Crippen LogP contribution in [-0.4, -0.2) is 30.5 Å². The van der Waals surface area contributed by atoms with Crippen LogP contribution in [0.2, 0.25) is 0 Å². The second-order valence-electron chi connectivity index (χ2n) is 6.61. The van der Waals surface area contributed by atoms with Gasteiger partial charge in [-0.1, -0.05) is 6.07 Å². The summed E-state index contributed by atoms with van der Waals surface area (Å²) in [6.07, 6.45) is -1.22. The van der Waals surface area contributed by atoms with Gasteiger partial charge >= 0.3 is 6.16 Å². The van der Waals surface area contributed by atoms with E-state index in [0.29, 0.717) is 4.90 Å². The minimum absolute atomic E-state index is 0.357. The zero-order valence-corrected chi connectivity index (χ0v) is 15.0. The molecule has 1 aromatic carbocycles. The molecule has 0 spiro atoms. The number of hydrogen-bond acceptors (Lipinski definition) is 5. The van der Waals surface area contributed by atoms with Crippen molar-refractivity contribution < 1.29 is 23.1 Å². The van der Waals surface area contributed by atoms with E-state index in [1.54, 1.807) is 46.8 Å². The Kier molecular flexibility index (Phi) is 6.18. The summed E-state index contributed by atoms with van der Waals surface area (Å²) < 4.78 is 28.2. The van der Waals surface area contributed by atoms with Crippen LogP contribution in [0.3, 0.4) is 0 Å². The zero-order chi connectivity index (χ0) is 17.8. The van der Waals surface area contributed by atoms with E-state index in [0.717, 1.165) is 18.7 Å². The SMILES string of the molecule is CC(C)(C)OC(=O)O.CC(C)S(=O)(=O)c1ccc2c(c1)CNC2. The van der Waals surface area contributed by atoms with Gasteiger partial charge in [0.1, 0.15) is 5.60 Å². The molecule has 1 heterocycles. The van der Waals surface area contributed by atoms with Gasteiger partial charge in [-0.15, -0.1) is 0 Å². The topological polar surface area (TPSA) is 92.7 Å². The van der Waals surface area contributed by atoms with Crippen LogP contribution >= 0.6 is 0 Å². The highest BCUT2D eigenvalue weighted by Gasteiger charge is 2.21. The largest absolute Gasteiger partial charge is 0.506 e. The number of ether oxygens (including phenoxy) is 1. The van der Waals surface area contributed by atoms with Gasteiger partial charge < -0.3 is 15.2 Å². The van der Waals surface area contributed by atoms with E-state index in [1.165, 1.54) is 5.56 Å². The molecule has 130 valence electrons. The minimum Gasteiger partial charge on any atom is -0.450 e. The fourth-order valence-electron chi connectivity index (χ4n) is 1.98. The number of carbonyl (C=O) groups is 1. The molecule has 0 saturated heterocycles. The van der Waals surface area contributed by atoms with Crippen molar-refractivity contribution in [1.29, 1.82) is 0 Å². The van der Waals surface area contributed by atoms with Crippen molar-refractivity contribution in [3.05, 3.63) is 29.3 Å². The monoisotopic (exact) mass is 343 g/mol. The van der Waals surface area contributed by atoms with Crippen LogP contribution in [0.15, 0.2) is 23.1 Å². The second-order valence-corrected chi connectivity index (χ2v) is 9.11. The number of fused-ring (bicyclic) bond motifs is 1. The molecule has 1 aliphatic rings. The van der Waals surface area contributed by atoms with Gasteiger partial charge in [-0.2, -0.15) is 0 Å². The van der Waals surface area contributed by atoms with Crippen molar-refractivity contribution in [3.8, 4) is 0 Å². The van der Waals surface area contributed by atoms with Crippen LogP contribution in [0.25, 0.3) is 0 Å². The average molecular weight is 343 g/mol. The predicted octanol–water partition coefficient (Wildman–Crippen LogP) is 2.95. The average Bonchev–Trinajstić information content (AvgIpc) is 2.83. The van der Waals surface area contributed by atoms with E-state index in [2.05, 4.69) is 10.1 Å². The summed E-state index contributed by atoms with van der Waals surface area (Å²) in [6.45, 7) is 10.1. The molecule has 0 unspecified atom stereocenters. The Morgan fingerprint density at radius 2 is 1.78 bits per heavy atom. The van der Waals surface area contributed by atoms with Crippen molar-refractivity contribution in [2.45, 2.75) is 63.5 Å². The van der Waals surface area contributed by atoms with E-state index in [1.807, 2.05) is 6.07 Å². The molecule has 2 N–H and O–H groups in total. The third-order valence-corrected chi connectivity index (χ3v) is 5.30. The molecule has 0 fully saturated rings. The van der Waals surface area contributed by atoms with Crippen molar-refractivity contribution in [2.24, 2.45) is 0 Å². The molecule has 1 aromatic rings. The highest BCUT2D eigenvalue weighted by molar-refractivity contribution is 7.92. The quantitative estimate of drug-likeness (QED) is 0.802. The Balaban J connectivity index is 0.000000284. The van der Waals surface area contributed by atoms with E-state index >= 15 is 0 Å². The van der Waals surface area contributed by atoms with Gasteiger partial charge in [-0.25, -0.2) is 13.2 Å². The molecular formula is C16H25NO5S. The molecule has 0 amide bonds. The Morgan fingerprint density at radius 1 is 1.22 bits per heavy atom. The second kappa shape index (κ2) is 7.31. The van der Waals surface area contributed by atoms with Gasteiger partial charge in [0.05, 0.1) is 10.1 Å². The first kappa shape index (κ1) is 19.4. The molecule has 0 atom stereocenters. The Morgan fingerprint density at radius 3 is 2.22 bits per heavy atom. The lowest BCUT2D eigenvalue weighted by molar-refractivity contribution is 0.0150. The highest BCUT2D eigenvalue weighted by atomic mass is 32.2. The molecule has 0 aromatic heterocycles. The molecule has 6 nitrogen and oxygen atoms in total. The van der Waals surface area contributed by atoms with Gasteiger partial charge in [0.15, 0.2) is 9.84 Å². The number of rotatable bonds is 2. The van der Waals surface area contributed by atoms with E-state index < -0.39 is 21.6 Å². The maximum absolute atomic E-state index is 11.9. The van der Waals surface area contributed by atoms with Crippen LogP contribution in [0.5, 0.6) is 0 Å². The summed E-state index contributed by atoms with van der Waals surface area (Å²) in [5, 5.41) is 10.9. The standard InChI is InChI=1S/C11H15NO2S.C5H10O3/c1-8(2)15(13,14)11-4-3-9-6-12-7-10(9)5-11;1-5(2,3)8-4(6)7/h3-5,8,12H,6-7H2,1-2H3;1-3H3,(H,6,7). The van der Waals surface area contributed by atoms with Gasteiger partial charge in [0, 0.05) is 13.1 Å². The molecule has 0 bridgehead atoms. The van der Waals surface area contributed by atoms with Crippen LogP contribution in [-0.2, 0) is 27.7 Å². The number of hydrogen-bond donors (Lipinski definition) is 2. The summed E-state index contributed by atoms with van der Waals surface area (Å²) >= 11 is 0. The number of carboxylic acid groups (broad SMARTS) is 1. The smallest absolute Gasteiger partial charge is 0.450 e. The van der Waals surface area contributed by atoms with Crippen molar-refractivity contribution in [3.63, 3.8) is 0 Å². The molecule has 0 radical (unpaired) electrons. The third kappa shape index (κ3) is 5.84. The van der Waals surface area contributed by atoms with Gasteiger partial charge in [0.25, 0.3) is 0 Å². The number of sulfone groups is 1. The first-order valence-corrected chi connectivity index (χ1v) is 8.96. The van der Waals surface area contributed by atoms with E-state index in [9.17, 15) is 13.2 Å². The number of benzene rings is 1.